The average molecular weight is 296 g/mol. The van der Waals surface area contributed by atoms with E-state index in [4.69, 9.17) is 0 Å². The Morgan fingerprint density at radius 3 is 2.68 bits per heavy atom. The Kier molecular flexibility index (Phi) is 3.63. The van der Waals surface area contributed by atoms with Gasteiger partial charge in [-0.15, -0.1) is 0 Å². The number of carbonyl (C=O) groups excluding carboxylic acids is 1. The number of hydrogen-bond acceptors (Lipinski definition) is 3. The van der Waals surface area contributed by atoms with Crippen LogP contribution in [-0.4, -0.2) is 10.8 Å². The molecule has 0 saturated carbocycles. The fraction of sp³-hybridized carbons (Fsp3) is 0.235. The second-order valence-electron chi connectivity index (χ2n) is 5.55. The summed E-state index contributed by atoms with van der Waals surface area (Å²) < 4.78 is 0. The van der Waals surface area contributed by atoms with E-state index < -0.39 is 4.92 Å². The van der Waals surface area contributed by atoms with Crippen LogP contribution in [0.15, 0.2) is 36.4 Å². The van der Waals surface area contributed by atoms with Crippen LogP contribution in [0, 0.1) is 17.0 Å². The molecule has 0 heterocycles. The molecule has 0 atom stereocenters. The number of aryl methyl sites for hydroxylation is 3. The first-order valence-electron chi connectivity index (χ1n) is 7.23. The summed E-state index contributed by atoms with van der Waals surface area (Å²) in [6, 6.07) is 10.2. The fourth-order valence-electron chi connectivity index (χ4n) is 2.77. The first kappa shape index (κ1) is 14.3. The van der Waals surface area contributed by atoms with Gasteiger partial charge in [-0.3, -0.25) is 14.9 Å². The van der Waals surface area contributed by atoms with Gasteiger partial charge < -0.3 is 5.32 Å². The highest BCUT2D eigenvalue weighted by atomic mass is 16.6. The van der Waals surface area contributed by atoms with E-state index in [1.54, 1.807) is 6.07 Å². The summed E-state index contributed by atoms with van der Waals surface area (Å²) in [5, 5.41) is 13.6. The molecule has 0 bridgehead atoms. The Bertz CT molecular complexity index is 768. The Morgan fingerprint density at radius 2 is 1.91 bits per heavy atom. The smallest absolute Gasteiger partial charge is 0.271 e. The van der Waals surface area contributed by atoms with Gasteiger partial charge in [0.2, 0.25) is 0 Å². The lowest BCUT2D eigenvalue weighted by molar-refractivity contribution is -0.384. The Labute approximate surface area is 128 Å². The summed E-state index contributed by atoms with van der Waals surface area (Å²) >= 11 is 0. The van der Waals surface area contributed by atoms with Crippen LogP contribution in [0.4, 0.5) is 11.4 Å². The summed E-state index contributed by atoms with van der Waals surface area (Å²) in [6.45, 7) is 1.81. The summed E-state index contributed by atoms with van der Waals surface area (Å²) in [6.07, 6.45) is 3.21. The van der Waals surface area contributed by atoms with Crippen LogP contribution in [0.5, 0.6) is 0 Å². The number of rotatable bonds is 3. The first-order valence-corrected chi connectivity index (χ1v) is 7.23. The van der Waals surface area contributed by atoms with Crippen molar-refractivity contribution in [2.75, 3.05) is 5.32 Å². The summed E-state index contributed by atoms with van der Waals surface area (Å²) in [7, 11) is 0. The molecule has 2 aromatic rings. The SMILES string of the molecule is Cc1ccc([N+](=O)[O-])cc1NC(=O)c1ccc2c(c1)CCC2. The van der Waals surface area contributed by atoms with Crippen LogP contribution in [0.2, 0.25) is 0 Å². The van der Waals surface area contributed by atoms with Crippen LogP contribution < -0.4 is 5.32 Å². The molecular weight excluding hydrogens is 280 g/mol. The number of nitrogens with one attached hydrogen (secondary N) is 1. The molecule has 2 aromatic carbocycles. The molecule has 1 N–H and O–H groups in total. The highest BCUT2D eigenvalue weighted by Crippen LogP contribution is 2.25. The van der Waals surface area contributed by atoms with Gasteiger partial charge in [-0.1, -0.05) is 12.1 Å². The molecule has 5 nitrogen and oxygen atoms in total. The van der Waals surface area contributed by atoms with Crippen molar-refractivity contribution >= 4 is 17.3 Å². The molecule has 22 heavy (non-hydrogen) atoms. The van der Waals surface area contributed by atoms with Gasteiger partial charge in [0.25, 0.3) is 11.6 Å². The number of nitrogens with zero attached hydrogens (tertiary/aromatic N) is 1. The number of nitro groups is 1. The second-order valence-corrected chi connectivity index (χ2v) is 5.55. The summed E-state index contributed by atoms with van der Waals surface area (Å²) in [5.74, 6) is -0.238. The van der Waals surface area contributed by atoms with E-state index in [0.717, 1.165) is 24.8 Å². The van der Waals surface area contributed by atoms with Crippen molar-refractivity contribution in [2.24, 2.45) is 0 Å². The van der Waals surface area contributed by atoms with E-state index in [1.165, 1.54) is 23.3 Å². The molecule has 112 valence electrons. The molecule has 0 radical (unpaired) electrons. The number of amides is 1. The lowest BCUT2D eigenvalue weighted by Gasteiger charge is -2.09. The minimum Gasteiger partial charge on any atom is -0.321 e. The summed E-state index contributed by atoms with van der Waals surface area (Å²) in [4.78, 5) is 22.7. The van der Waals surface area contributed by atoms with Gasteiger partial charge in [0.1, 0.15) is 0 Å². The maximum absolute atomic E-state index is 12.4. The first-order chi connectivity index (χ1) is 10.5. The minimum atomic E-state index is -0.468. The van der Waals surface area contributed by atoms with Crippen LogP contribution in [0.3, 0.4) is 0 Å². The molecule has 0 aliphatic heterocycles. The third-order valence-electron chi connectivity index (χ3n) is 4.04. The molecule has 0 unspecified atom stereocenters. The quantitative estimate of drug-likeness (QED) is 0.694. The van der Waals surface area contributed by atoms with Crippen LogP contribution in [-0.2, 0) is 12.8 Å². The topological polar surface area (TPSA) is 72.2 Å². The molecule has 1 aliphatic rings. The zero-order chi connectivity index (χ0) is 15.7. The highest BCUT2D eigenvalue weighted by molar-refractivity contribution is 6.05. The maximum Gasteiger partial charge on any atom is 0.271 e. The van der Waals surface area contributed by atoms with E-state index in [0.29, 0.717) is 11.3 Å². The lowest BCUT2D eigenvalue weighted by atomic mass is 10.1. The van der Waals surface area contributed by atoms with Gasteiger partial charge in [0.15, 0.2) is 0 Å². The standard InChI is InChI=1S/C17H16N2O3/c1-11-5-8-15(19(21)22)10-16(11)18-17(20)14-7-6-12-3-2-4-13(12)9-14/h5-10H,2-4H2,1H3,(H,18,20). The largest absolute Gasteiger partial charge is 0.321 e. The van der Waals surface area contributed by atoms with Crippen molar-refractivity contribution in [3.63, 3.8) is 0 Å². The Hall–Kier alpha value is -2.69. The van der Waals surface area contributed by atoms with Crippen molar-refractivity contribution in [1.29, 1.82) is 0 Å². The van der Waals surface area contributed by atoms with E-state index in [9.17, 15) is 14.9 Å². The number of hydrogen-bond donors (Lipinski definition) is 1. The molecule has 0 aromatic heterocycles. The molecule has 3 rings (SSSR count). The number of fused-ring (bicyclic) bond motifs is 1. The Balaban J connectivity index is 1.85. The van der Waals surface area contributed by atoms with E-state index in [1.807, 2.05) is 25.1 Å². The van der Waals surface area contributed by atoms with Gasteiger partial charge >= 0.3 is 0 Å². The number of anilines is 1. The van der Waals surface area contributed by atoms with Crippen molar-refractivity contribution in [3.05, 3.63) is 68.8 Å². The van der Waals surface area contributed by atoms with Crippen molar-refractivity contribution < 1.29 is 9.72 Å². The predicted molar refractivity (Wildman–Crippen MR) is 84.3 cm³/mol. The number of non-ortho nitro benzene ring substituents is 1. The third-order valence-corrected chi connectivity index (χ3v) is 4.04. The molecular formula is C17H16N2O3. The number of carbonyl (C=O) groups is 1. The monoisotopic (exact) mass is 296 g/mol. The highest BCUT2D eigenvalue weighted by Gasteiger charge is 2.15. The zero-order valence-corrected chi connectivity index (χ0v) is 12.3. The van der Waals surface area contributed by atoms with Crippen molar-refractivity contribution in [2.45, 2.75) is 26.2 Å². The molecule has 0 fully saturated rings. The lowest BCUT2D eigenvalue weighted by Crippen LogP contribution is -2.13. The van der Waals surface area contributed by atoms with Gasteiger partial charge in [0.05, 0.1) is 10.6 Å². The fourth-order valence-corrected chi connectivity index (χ4v) is 2.77. The van der Waals surface area contributed by atoms with Gasteiger partial charge in [-0.2, -0.15) is 0 Å². The van der Waals surface area contributed by atoms with Crippen molar-refractivity contribution in [1.82, 2.24) is 0 Å². The van der Waals surface area contributed by atoms with Crippen molar-refractivity contribution in [3.8, 4) is 0 Å². The minimum absolute atomic E-state index is 0.0325. The number of nitro benzene ring substituents is 1. The number of benzene rings is 2. The second kappa shape index (κ2) is 5.60. The summed E-state index contributed by atoms with van der Waals surface area (Å²) in [5.41, 5.74) is 4.35. The molecule has 1 amide bonds. The Morgan fingerprint density at radius 1 is 1.14 bits per heavy atom. The predicted octanol–water partition coefficient (Wildman–Crippen LogP) is 3.64. The average Bonchev–Trinajstić information content (AvgIpc) is 2.96. The maximum atomic E-state index is 12.4. The normalized spacial score (nSPS) is 12.8. The zero-order valence-electron chi connectivity index (χ0n) is 12.3. The molecule has 0 spiro atoms. The van der Waals surface area contributed by atoms with E-state index in [-0.39, 0.29) is 11.6 Å². The van der Waals surface area contributed by atoms with Gasteiger partial charge in [-0.25, -0.2) is 0 Å². The van der Waals surface area contributed by atoms with E-state index in [2.05, 4.69) is 5.32 Å². The van der Waals surface area contributed by atoms with Crippen LogP contribution in [0.25, 0.3) is 0 Å². The van der Waals surface area contributed by atoms with Gasteiger partial charge in [0, 0.05) is 17.7 Å². The van der Waals surface area contributed by atoms with Gasteiger partial charge in [-0.05, 0) is 55.0 Å². The third kappa shape index (κ3) is 2.70. The van der Waals surface area contributed by atoms with Crippen LogP contribution >= 0.6 is 0 Å². The van der Waals surface area contributed by atoms with E-state index >= 15 is 0 Å². The molecule has 5 heteroatoms. The van der Waals surface area contributed by atoms with Crippen LogP contribution in [0.1, 0.15) is 33.5 Å². The molecule has 1 aliphatic carbocycles. The molecule has 0 saturated heterocycles.